The highest BCUT2D eigenvalue weighted by atomic mass is 31.2. The van der Waals surface area contributed by atoms with Gasteiger partial charge in [-0.3, -0.25) is 18.7 Å². The number of carboxylic acids is 1. The number of amides is 1. The Morgan fingerprint density at radius 3 is 2.63 bits per heavy atom. The lowest BCUT2D eigenvalue weighted by Gasteiger charge is -2.36. The van der Waals surface area contributed by atoms with Crippen LogP contribution in [0.15, 0.2) is 29.2 Å². The van der Waals surface area contributed by atoms with Crippen molar-refractivity contribution < 1.29 is 48.7 Å². The maximum Gasteiger partial charge on any atom is 0.351 e. The summed E-state index contributed by atoms with van der Waals surface area (Å²) in [7, 11) is -4.66. The zero-order chi connectivity index (χ0) is 26.1. The SMILES string of the molecule is CC(=O)N[C@H]1C=C[C@](CP(=O)(O)OC[C@H]2O[C@@H](n3ccc(N)nc3=O)[C@H](O)[C@@H]2O)(C(=O)O)C[C@H]1O. The van der Waals surface area contributed by atoms with E-state index in [1.807, 2.05) is 0 Å². The zero-order valence-electron chi connectivity index (χ0n) is 18.5. The minimum Gasteiger partial charge on any atom is -0.481 e. The van der Waals surface area contributed by atoms with E-state index in [0.29, 0.717) is 0 Å². The monoisotopic (exact) mass is 518 g/mol. The standard InChI is InChI=1S/C19H27N4O11P/c1-9(24)21-10-2-4-19(17(28)29,6-11(10)25)8-35(31,32)33-7-12-14(26)15(27)16(34-12)23-5-3-13(20)22-18(23)30/h2-5,10-12,14-16,25-27H,6-8H2,1H3,(H,21,24)(H,28,29)(H,31,32)(H2,20,22,30)/t10-,11+,12+,14+,15+,16+,19-/m0/s1. The topological polar surface area (TPSA) is 244 Å². The second-order valence-corrected chi connectivity index (χ2v) is 10.3. The summed E-state index contributed by atoms with van der Waals surface area (Å²) in [6, 6.07) is 0.398. The van der Waals surface area contributed by atoms with E-state index in [2.05, 4.69) is 10.3 Å². The van der Waals surface area contributed by atoms with Crippen molar-refractivity contribution in [1.29, 1.82) is 0 Å². The van der Waals surface area contributed by atoms with Crippen LogP contribution in [0.25, 0.3) is 0 Å². The lowest BCUT2D eigenvalue weighted by molar-refractivity contribution is -0.147. The molecule has 0 aromatic carbocycles. The average Bonchev–Trinajstić information content (AvgIpc) is 3.02. The predicted octanol–water partition coefficient (Wildman–Crippen LogP) is -2.46. The number of aliphatic carboxylic acids is 1. The fourth-order valence-electron chi connectivity index (χ4n) is 4.02. The van der Waals surface area contributed by atoms with E-state index in [1.54, 1.807) is 0 Å². The number of aromatic nitrogens is 2. The Bertz CT molecular complexity index is 1110. The van der Waals surface area contributed by atoms with Gasteiger partial charge < -0.3 is 45.6 Å². The number of aliphatic hydroxyl groups excluding tert-OH is 3. The molecule has 0 saturated carbocycles. The van der Waals surface area contributed by atoms with Crippen LogP contribution >= 0.6 is 7.60 Å². The van der Waals surface area contributed by atoms with Crippen molar-refractivity contribution >= 4 is 25.3 Å². The van der Waals surface area contributed by atoms with Crippen LogP contribution in [-0.2, 0) is 23.4 Å². The van der Waals surface area contributed by atoms with Crippen LogP contribution in [-0.4, -0.2) is 90.0 Å². The number of aliphatic hydroxyl groups is 3. The molecule has 0 radical (unpaired) electrons. The first-order chi connectivity index (χ1) is 16.2. The number of nitrogens with two attached hydrogens (primary N) is 1. The maximum atomic E-state index is 12.8. The lowest BCUT2D eigenvalue weighted by Crippen LogP contribution is -2.49. The minimum absolute atomic E-state index is 0.0713. The molecule has 0 bridgehead atoms. The van der Waals surface area contributed by atoms with Gasteiger partial charge in [0, 0.05) is 13.1 Å². The van der Waals surface area contributed by atoms with Gasteiger partial charge in [-0.15, -0.1) is 0 Å². The number of nitrogen functional groups attached to an aromatic ring is 1. The van der Waals surface area contributed by atoms with Crippen LogP contribution in [0.3, 0.4) is 0 Å². The van der Waals surface area contributed by atoms with Crippen LogP contribution in [0.4, 0.5) is 5.82 Å². The van der Waals surface area contributed by atoms with E-state index in [1.165, 1.54) is 25.3 Å². The highest BCUT2D eigenvalue weighted by Gasteiger charge is 2.49. The minimum atomic E-state index is -4.66. The summed E-state index contributed by atoms with van der Waals surface area (Å²) in [6.07, 6.45) is -5.17. The van der Waals surface area contributed by atoms with Gasteiger partial charge in [-0.2, -0.15) is 4.98 Å². The number of hydrogen-bond donors (Lipinski definition) is 7. The van der Waals surface area contributed by atoms with Crippen LogP contribution < -0.4 is 16.7 Å². The Balaban J connectivity index is 1.70. The van der Waals surface area contributed by atoms with Gasteiger partial charge >= 0.3 is 19.3 Å². The Kier molecular flexibility index (Phi) is 7.81. The number of ether oxygens (including phenoxy) is 1. The molecule has 16 heteroatoms. The van der Waals surface area contributed by atoms with Crippen molar-refractivity contribution in [2.75, 3.05) is 18.5 Å². The number of nitrogens with zero attached hydrogens (tertiary/aromatic N) is 2. The van der Waals surface area contributed by atoms with Gasteiger partial charge in [0.25, 0.3) is 0 Å². The van der Waals surface area contributed by atoms with Gasteiger partial charge in [0.15, 0.2) is 6.23 Å². The first kappa shape index (κ1) is 26.9. The summed E-state index contributed by atoms with van der Waals surface area (Å²) in [6.45, 7) is 0.493. The number of carbonyl (C=O) groups excluding carboxylic acids is 1. The molecule has 2 aliphatic rings. The Morgan fingerprint density at radius 1 is 1.37 bits per heavy atom. The van der Waals surface area contributed by atoms with Crippen LogP contribution in [0.1, 0.15) is 19.6 Å². The molecule has 1 unspecified atom stereocenters. The molecule has 1 aliphatic carbocycles. The number of carbonyl (C=O) groups is 2. The Morgan fingerprint density at radius 2 is 2.06 bits per heavy atom. The summed E-state index contributed by atoms with van der Waals surface area (Å²) in [5.41, 5.74) is 2.59. The number of nitrogens with one attached hydrogen (secondary N) is 1. The molecule has 35 heavy (non-hydrogen) atoms. The maximum absolute atomic E-state index is 12.8. The number of anilines is 1. The molecule has 2 heterocycles. The third kappa shape index (κ3) is 5.95. The molecule has 0 spiro atoms. The summed E-state index contributed by atoms with van der Waals surface area (Å²) < 4.78 is 24.1. The van der Waals surface area contributed by atoms with Gasteiger partial charge in [-0.1, -0.05) is 12.2 Å². The quantitative estimate of drug-likeness (QED) is 0.140. The fourth-order valence-corrected chi connectivity index (χ4v) is 5.57. The van der Waals surface area contributed by atoms with E-state index < -0.39 is 86.5 Å². The molecule has 8 atom stereocenters. The molecule has 15 nitrogen and oxygen atoms in total. The van der Waals surface area contributed by atoms with Gasteiger partial charge in [0.1, 0.15) is 24.1 Å². The highest BCUT2D eigenvalue weighted by Crippen LogP contribution is 2.51. The van der Waals surface area contributed by atoms with Crippen molar-refractivity contribution in [2.45, 2.75) is 50.0 Å². The third-order valence-electron chi connectivity index (χ3n) is 5.79. The molecule has 1 aromatic rings. The van der Waals surface area contributed by atoms with Gasteiger partial charge in [0.05, 0.1) is 30.3 Å². The number of rotatable bonds is 8. The molecule has 194 valence electrons. The largest absolute Gasteiger partial charge is 0.481 e. The molecule has 1 aromatic heterocycles. The van der Waals surface area contributed by atoms with E-state index in [0.717, 1.165) is 10.6 Å². The first-order valence-corrected chi connectivity index (χ1v) is 12.2. The van der Waals surface area contributed by atoms with Crippen molar-refractivity contribution in [1.82, 2.24) is 14.9 Å². The summed E-state index contributed by atoms with van der Waals surface area (Å²) in [5, 5.41) is 43.0. The van der Waals surface area contributed by atoms with Crippen molar-refractivity contribution in [3.05, 3.63) is 34.9 Å². The van der Waals surface area contributed by atoms with E-state index in [9.17, 15) is 44.3 Å². The molecule has 3 rings (SSSR count). The molecule has 1 fully saturated rings. The molecule has 1 aliphatic heterocycles. The molecule has 1 amide bonds. The Labute approximate surface area is 198 Å². The van der Waals surface area contributed by atoms with Crippen LogP contribution in [0, 0.1) is 5.41 Å². The smallest absolute Gasteiger partial charge is 0.351 e. The summed E-state index contributed by atoms with van der Waals surface area (Å²) >= 11 is 0. The predicted molar refractivity (Wildman–Crippen MR) is 117 cm³/mol. The van der Waals surface area contributed by atoms with Gasteiger partial charge in [-0.25, -0.2) is 4.79 Å². The summed E-state index contributed by atoms with van der Waals surface area (Å²) in [5.74, 6) is -2.02. The van der Waals surface area contributed by atoms with E-state index in [4.69, 9.17) is 15.0 Å². The Hall–Kier alpha value is -2.65. The van der Waals surface area contributed by atoms with E-state index >= 15 is 0 Å². The first-order valence-electron chi connectivity index (χ1n) is 10.5. The van der Waals surface area contributed by atoms with Crippen molar-refractivity contribution in [3.8, 4) is 0 Å². The van der Waals surface area contributed by atoms with Crippen molar-refractivity contribution in [3.63, 3.8) is 0 Å². The van der Waals surface area contributed by atoms with Gasteiger partial charge in [0.2, 0.25) is 5.91 Å². The number of hydrogen-bond acceptors (Lipinski definition) is 11. The van der Waals surface area contributed by atoms with Crippen molar-refractivity contribution in [2.24, 2.45) is 5.41 Å². The molecular formula is C19H27N4O11P. The fraction of sp³-hybridized carbons (Fsp3) is 0.579. The van der Waals surface area contributed by atoms with Gasteiger partial charge in [-0.05, 0) is 12.5 Å². The number of carboxylic acid groups (broad SMARTS) is 1. The second kappa shape index (κ2) is 10.1. The van der Waals surface area contributed by atoms with E-state index in [-0.39, 0.29) is 5.82 Å². The zero-order valence-corrected chi connectivity index (χ0v) is 19.4. The van der Waals surface area contributed by atoms with Crippen LogP contribution in [0.5, 0.6) is 0 Å². The highest BCUT2D eigenvalue weighted by molar-refractivity contribution is 7.52. The molecule has 8 N–H and O–H groups in total. The van der Waals surface area contributed by atoms with Crippen LogP contribution in [0.2, 0.25) is 0 Å². The second-order valence-electron chi connectivity index (χ2n) is 8.50. The normalized spacial score (nSPS) is 34.3. The third-order valence-corrected chi connectivity index (χ3v) is 7.31. The summed E-state index contributed by atoms with van der Waals surface area (Å²) in [4.78, 5) is 49.1. The molecular weight excluding hydrogens is 491 g/mol. The lowest BCUT2D eigenvalue weighted by atomic mass is 9.77. The average molecular weight is 518 g/mol. The molecule has 1 saturated heterocycles.